The molecule has 9 heteroatoms. The van der Waals surface area contributed by atoms with Crippen LogP contribution in [0.5, 0.6) is 0 Å². The van der Waals surface area contributed by atoms with Gasteiger partial charge in [0.25, 0.3) is 0 Å². The van der Waals surface area contributed by atoms with Gasteiger partial charge in [0.15, 0.2) is 5.69 Å². The maximum Gasteiger partial charge on any atom is 0.435 e. The van der Waals surface area contributed by atoms with E-state index in [9.17, 15) is 18.0 Å². The van der Waals surface area contributed by atoms with Gasteiger partial charge in [0, 0.05) is 44.5 Å². The van der Waals surface area contributed by atoms with Crippen molar-refractivity contribution in [1.29, 1.82) is 0 Å². The summed E-state index contributed by atoms with van der Waals surface area (Å²) < 4.78 is 41.7. The van der Waals surface area contributed by atoms with Crippen LogP contribution in [-0.2, 0) is 17.5 Å². The van der Waals surface area contributed by atoms with Crippen LogP contribution in [-0.4, -0.2) is 46.8 Å². The summed E-state index contributed by atoms with van der Waals surface area (Å²) in [5, 5.41) is 9.72. The standard InChI is InChI=1S/C25H36F3N5O.C2H6/c1-7-8-11-20(15-29-5)21-14-22(25(26,27)28)31-33(21)17-24(3,4)30-23(34)18(2)13-19-10-9-12-32(6)16-19;1-2/h8-11,14-16,18,29H,7,12-13,17H2,1-6H3,(H,30,34);1-2H3/b11-8+,20-15+;. The molecule has 0 saturated carbocycles. The first-order valence-electron chi connectivity index (χ1n) is 12.4. The molecule has 0 aliphatic carbocycles. The molecule has 2 N–H and O–H groups in total. The predicted molar refractivity (Wildman–Crippen MR) is 141 cm³/mol. The van der Waals surface area contributed by atoms with E-state index in [1.165, 1.54) is 4.68 Å². The largest absolute Gasteiger partial charge is 0.435 e. The Labute approximate surface area is 214 Å². The van der Waals surface area contributed by atoms with Crippen molar-refractivity contribution in [2.45, 2.75) is 72.6 Å². The van der Waals surface area contributed by atoms with E-state index in [1.54, 1.807) is 33.2 Å². The van der Waals surface area contributed by atoms with Gasteiger partial charge >= 0.3 is 6.18 Å². The lowest BCUT2D eigenvalue weighted by atomic mass is 9.97. The second-order valence-electron chi connectivity index (χ2n) is 9.29. The van der Waals surface area contributed by atoms with Crippen LogP contribution in [0.1, 0.15) is 65.8 Å². The minimum atomic E-state index is -4.57. The summed E-state index contributed by atoms with van der Waals surface area (Å²) in [5.41, 5.74) is 0.153. The maximum atomic E-state index is 13.5. The molecule has 1 aliphatic rings. The topological polar surface area (TPSA) is 62.2 Å². The summed E-state index contributed by atoms with van der Waals surface area (Å²) in [6.07, 6.45) is 8.09. The van der Waals surface area contributed by atoms with E-state index in [0.717, 1.165) is 24.6 Å². The Morgan fingerprint density at radius 2 is 1.94 bits per heavy atom. The van der Waals surface area contributed by atoms with E-state index in [-0.39, 0.29) is 18.4 Å². The van der Waals surface area contributed by atoms with Gasteiger partial charge in [-0.15, -0.1) is 0 Å². The maximum absolute atomic E-state index is 13.5. The van der Waals surface area contributed by atoms with Gasteiger partial charge in [-0.3, -0.25) is 9.48 Å². The molecule has 1 aliphatic heterocycles. The Morgan fingerprint density at radius 3 is 2.50 bits per heavy atom. The Kier molecular flexibility index (Phi) is 12.0. The number of likely N-dealkylation sites (N-methyl/N-ethyl adjacent to an activating group) is 1. The molecule has 1 aromatic heterocycles. The van der Waals surface area contributed by atoms with Crippen molar-refractivity contribution in [2.24, 2.45) is 5.92 Å². The van der Waals surface area contributed by atoms with Crippen LogP contribution >= 0.6 is 0 Å². The highest BCUT2D eigenvalue weighted by atomic mass is 19.4. The number of carbonyl (C=O) groups excluding carboxylic acids is 1. The molecule has 0 radical (unpaired) electrons. The average molecular weight is 510 g/mol. The smallest absolute Gasteiger partial charge is 0.393 e. The van der Waals surface area contributed by atoms with Gasteiger partial charge in [-0.05, 0) is 38.3 Å². The molecule has 202 valence electrons. The van der Waals surface area contributed by atoms with Gasteiger partial charge in [0.2, 0.25) is 5.91 Å². The summed E-state index contributed by atoms with van der Waals surface area (Å²) >= 11 is 0. The van der Waals surface area contributed by atoms with Crippen molar-refractivity contribution >= 4 is 11.5 Å². The van der Waals surface area contributed by atoms with Gasteiger partial charge in [-0.2, -0.15) is 18.3 Å². The number of halogens is 3. The number of aromatic nitrogens is 2. The lowest BCUT2D eigenvalue weighted by Gasteiger charge is -2.29. The van der Waals surface area contributed by atoms with Crippen LogP contribution in [0.2, 0.25) is 0 Å². The van der Waals surface area contributed by atoms with Crippen molar-refractivity contribution in [2.75, 3.05) is 20.6 Å². The second-order valence-corrected chi connectivity index (χ2v) is 9.29. The third kappa shape index (κ3) is 9.59. The predicted octanol–water partition coefficient (Wildman–Crippen LogP) is 5.76. The lowest BCUT2D eigenvalue weighted by Crippen LogP contribution is -2.48. The summed E-state index contributed by atoms with van der Waals surface area (Å²) in [6.45, 7) is 12.3. The molecule has 1 atom stereocenters. The van der Waals surface area contributed by atoms with E-state index < -0.39 is 17.4 Å². The van der Waals surface area contributed by atoms with E-state index in [0.29, 0.717) is 17.7 Å². The number of carbonyl (C=O) groups is 1. The summed E-state index contributed by atoms with van der Waals surface area (Å²) in [7, 11) is 3.66. The number of nitrogens with one attached hydrogen (secondary N) is 2. The molecular formula is C27H42F3N5O. The first kappa shape index (κ1) is 31.1. The number of alkyl halides is 3. The van der Waals surface area contributed by atoms with E-state index in [1.807, 2.05) is 64.1 Å². The molecule has 36 heavy (non-hydrogen) atoms. The number of hydrogen-bond donors (Lipinski definition) is 2. The zero-order valence-corrected chi connectivity index (χ0v) is 22.8. The van der Waals surface area contributed by atoms with Crippen LogP contribution < -0.4 is 10.6 Å². The SMILES string of the molecule is CC.CC/C=C/C(=C\NC)c1cc(C(F)(F)F)nn1CC(C)(C)NC(=O)C(C)CC1=CN(C)CC=C1. The van der Waals surface area contributed by atoms with Crippen LogP contribution in [0.15, 0.2) is 48.3 Å². The Morgan fingerprint density at radius 1 is 1.28 bits per heavy atom. The van der Waals surface area contributed by atoms with Crippen LogP contribution in [0.4, 0.5) is 13.2 Å². The minimum absolute atomic E-state index is 0.0726. The average Bonchev–Trinajstić information content (AvgIpc) is 3.21. The first-order chi connectivity index (χ1) is 16.9. The fraction of sp³-hybridized carbons (Fsp3) is 0.556. The van der Waals surface area contributed by atoms with Gasteiger partial charge in [-0.1, -0.05) is 52.0 Å². The van der Waals surface area contributed by atoms with Gasteiger partial charge in [0.05, 0.1) is 17.8 Å². The molecule has 0 spiro atoms. The van der Waals surface area contributed by atoms with Crippen molar-refractivity contribution < 1.29 is 18.0 Å². The van der Waals surface area contributed by atoms with Crippen LogP contribution in [0, 0.1) is 5.92 Å². The molecule has 1 unspecified atom stereocenters. The number of rotatable bonds is 10. The highest BCUT2D eigenvalue weighted by molar-refractivity contribution is 5.79. The highest BCUT2D eigenvalue weighted by Gasteiger charge is 2.36. The molecule has 6 nitrogen and oxygen atoms in total. The zero-order chi connectivity index (χ0) is 27.5. The zero-order valence-electron chi connectivity index (χ0n) is 22.8. The quantitative estimate of drug-likeness (QED) is 0.394. The van der Waals surface area contributed by atoms with Crippen molar-refractivity contribution in [1.82, 2.24) is 25.3 Å². The van der Waals surface area contributed by atoms with Crippen molar-refractivity contribution in [3.8, 4) is 0 Å². The number of hydrogen-bond acceptors (Lipinski definition) is 4. The molecular weight excluding hydrogens is 467 g/mol. The van der Waals surface area contributed by atoms with E-state index in [2.05, 4.69) is 15.7 Å². The number of amides is 1. The van der Waals surface area contributed by atoms with E-state index >= 15 is 0 Å². The molecule has 1 aromatic rings. The number of nitrogens with zero attached hydrogens (tertiary/aromatic N) is 3. The fourth-order valence-electron chi connectivity index (χ4n) is 3.70. The number of allylic oxidation sites excluding steroid dienone is 5. The third-order valence-corrected chi connectivity index (χ3v) is 5.31. The molecule has 2 rings (SSSR count). The molecule has 1 amide bonds. The monoisotopic (exact) mass is 509 g/mol. The highest BCUT2D eigenvalue weighted by Crippen LogP contribution is 2.31. The minimum Gasteiger partial charge on any atom is -0.393 e. The summed E-state index contributed by atoms with van der Waals surface area (Å²) in [4.78, 5) is 15.0. The Balaban J connectivity index is 0.00000316. The molecule has 0 fully saturated rings. The normalized spacial score (nSPS) is 15.4. The molecule has 0 aromatic carbocycles. The first-order valence-corrected chi connectivity index (χ1v) is 12.4. The molecule has 0 saturated heterocycles. The van der Waals surface area contributed by atoms with Gasteiger partial charge < -0.3 is 15.5 Å². The lowest BCUT2D eigenvalue weighted by molar-refractivity contribution is -0.141. The molecule has 2 heterocycles. The van der Waals surface area contributed by atoms with Crippen LogP contribution in [0.25, 0.3) is 5.57 Å². The van der Waals surface area contributed by atoms with Crippen LogP contribution in [0.3, 0.4) is 0 Å². The Hall–Kier alpha value is -2.97. The summed E-state index contributed by atoms with van der Waals surface area (Å²) in [5.74, 6) is -0.453. The van der Waals surface area contributed by atoms with Gasteiger partial charge in [-0.25, -0.2) is 0 Å². The van der Waals surface area contributed by atoms with Crippen molar-refractivity contribution in [3.05, 3.63) is 59.7 Å². The van der Waals surface area contributed by atoms with E-state index in [4.69, 9.17) is 0 Å². The van der Waals surface area contributed by atoms with Crippen molar-refractivity contribution in [3.63, 3.8) is 0 Å². The third-order valence-electron chi connectivity index (χ3n) is 5.31. The Bertz CT molecular complexity index is 971. The summed E-state index contributed by atoms with van der Waals surface area (Å²) in [6, 6.07) is 1.04. The molecule has 0 bridgehead atoms. The fourth-order valence-corrected chi connectivity index (χ4v) is 3.70. The van der Waals surface area contributed by atoms with Gasteiger partial charge in [0.1, 0.15) is 0 Å². The second kappa shape index (κ2) is 13.9.